The summed E-state index contributed by atoms with van der Waals surface area (Å²) in [7, 11) is 1.84. The highest BCUT2D eigenvalue weighted by molar-refractivity contribution is 5.92. The van der Waals surface area contributed by atoms with Crippen molar-refractivity contribution >= 4 is 12.0 Å². The third kappa shape index (κ3) is 2.71. The summed E-state index contributed by atoms with van der Waals surface area (Å²) in [5.41, 5.74) is 1.06. The van der Waals surface area contributed by atoms with Gasteiger partial charge in [-0.2, -0.15) is 0 Å². The highest BCUT2D eigenvalue weighted by atomic mass is 16.4. The van der Waals surface area contributed by atoms with Gasteiger partial charge < -0.3 is 10.4 Å². The Balaban J connectivity index is 2.90. The van der Waals surface area contributed by atoms with E-state index < -0.39 is 5.97 Å². The Bertz CT molecular complexity index is 345. The highest BCUT2D eigenvalue weighted by Crippen LogP contribution is 2.10. The largest absolute Gasteiger partial charge is 0.478 e. The van der Waals surface area contributed by atoms with Crippen LogP contribution in [-0.2, 0) is 0 Å². The summed E-state index contributed by atoms with van der Waals surface area (Å²) in [6.45, 7) is 0.730. The number of carboxylic acid groups (broad SMARTS) is 1. The minimum atomic E-state index is -0.894. The Kier molecular flexibility index (Phi) is 3.88. The normalized spacial score (nSPS) is 10.6. The number of benzene rings is 1. The Morgan fingerprint density at radius 1 is 1.50 bits per heavy atom. The predicted molar refractivity (Wildman–Crippen MR) is 56.4 cm³/mol. The molecule has 0 unspecified atom stereocenters. The maximum atomic E-state index is 10.8. The predicted octanol–water partition coefficient (Wildman–Crippen LogP) is 1.62. The first-order valence-electron chi connectivity index (χ1n) is 4.39. The fraction of sp³-hybridized carbons (Fsp3) is 0.182. The molecule has 0 bridgehead atoms. The van der Waals surface area contributed by atoms with Gasteiger partial charge in [0.05, 0.1) is 5.56 Å². The lowest BCUT2D eigenvalue weighted by atomic mass is 10.1. The van der Waals surface area contributed by atoms with E-state index in [9.17, 15) is 4.79 Å². The smallest absolute Gasteiger partial charge is 0.336 e. The van der Waals surface area contributed by atoms with Crippen molar-refractivity contribution in [1.29, 1.82) is 0 Å². The monoisotopic (exact) mass is 191 g/mol. The van der Waals surface area contributed by atoms with Crippen molar-refractivity contribution in [2.24, 2.45) is 0 Å². The molecule has 0 amide bonds. The van der Waals surface area contributed by atoms with Crippen LogP contribution >= 0.6 is 0 Å². The van der Waals surface area contributed by atoms with Crippen molar-refractivity contribution in [3.8, 4) is 0 Å². The Morgan fingerprint density at radius 2 is 2.21 bits per heavy atom. The SMILES string of the molecule is CNCC=Cc1ccccc1C(=O)O. The molecule has 0 aliphatic carbocycles. The van der Waals surface area contributed by atoms with Crippen molar-refractivity contribution in [2.45, 2.75) is 0 Å². The first-order chi connectivity index (χ1) is 6.75. The maximum absolute atomic E-state index is 10.8. The van der Waals surface area contributed by atoms with E-state index in [1.54, 1.807) is 24.3 Å². The second kappa shape index (κ2) is 5.19. The molecule has 0 aliphatic rings. The second-order valence-electron chi connectivity index (χ2n) is 2.85. The van der Waals surface area contributed by atoms with E-state index in [0.717, 1.165) is 12.1 Å². The highest BCUT2D eigenvalue weighted by Gasteiger charge is 2.05. The molecule has 0 saturated heterocycles. The van der Waals surface area contributed by atoms with Crippen LogP contribution in [-0.4, -0.2) is 24.7 Å². The van der Waals surface area contributed by atoms with Crippen LogP contribution in [0.15, 0.2) is 30.3 Å². The van der Waals surface area contributed by atoms with Gasteiger partial charge in [0.1, 0.15) is 0 Å². The number of rotatable bonds is 4. The van der Waals surface area contributed by atoms with E-state index in [1.807, 2.05) is 19.2 Å². The molecular formula is C11H13NO2. The summed E-state index contributed by atoms with van der Waals surface area (Å²) < 4.78 is 0. The van der Waals surface area contributed by atoms with Gasteiger partial charge in [0.15, 0.2) is 0 Å². The summed E-state index contributed by atoms with van der Waals surface area (Å²) in [6.07, 6.45) is 3.70. The molecular weight excluding hydrogens is 178 g/mol. The Hall–Kier alpha value is -1.61. The van der Waals surface area contributed by atoms with Gasteiger partial charge in [0.25, 0.3) is 0 Å². The lowest BCUT2D eigenvalue weighted by Crippen LogP contribution is -2.04. The molecule has 3 heteroatoms. The molecule has 1 aromatic carbocycles. The molecule has 0 aromatic heterocycles. The molecule has 0 spiro atoms. The molecule has 1 rings (SSSR count). The van der Waals surface area contributed by atoms with Gasteiger partial charge in [-0.15, -0.1) is 0 Å². The lowest BCUT2D eigenvalue weighted by molar-refractivity contribution is 0.0696. The zero-order valence-electron chi connectivity index (χ0n) is 8.03. The molecule has 0 radical (unpaired) electrons. The number of likely N-dealkylation sites (N-methyl/N-ethyl adjacent to an activating group) is 1. The number of hydrogen-bond donors (Lipinski definition) is 2. The average molecular weight is 191 g/mol. The standard InChI is InChI=1S/C11H13NO2/c1-12-8-4-6-9-5-2-3-7-10(9)11(13)14/h2-7,12H,8H2,1H3,(H,13,14). The minimum absolute atomic E-state index is 0.333. The zero-order valence-corrected chi connectivity index (χ0v) is 8.03. The van der Waals surface area contributed by atoms with Gasteiger partial charge in [-0.05, 0) is 18.7 Å². The topological polar surface area (TPSA) is 49.3 Å². The van der Waals surface area contributed by atoms with Gasteiger partial charge in [-0.1, -0.05) is 30.4 Å². The molecule has 1 aromatic rings. The van der Waals surface area contributed by atoms with E-state index >= 15 is 0 Å². The summed E-state index contributed by atoms with van der Waals surface area (Å²) in [6, 6.07) is 6.93. The summed E-state index contributed by atoms with van der Waals surface area (Å²) in [5, 5.41) is 11.8. The Labute approximate surface area is 83.1 Å². The van der Waals surface area contributed by atoms with Crippen molar-refractivity contribution < 1.29 is 9.90 Å². The molecule has 0 heterocycles. The van der Waals surface area contributed by atoms with Crippen molar-refractivity contribution in [2.75, 3.05) is 13.6 Å². The van der Waals surface area contributed by atoms with Crippen LogP contribution in [0.3, 0.4) is 0 Å². The molecule has 0 fully saturated rings. The van der Waals surface area contributed by atoms with E-state index in [0.29, 0.717) is 5.56 Å². The molecule has 2 N–H and O–H groups in total. The second-order valence-corrected chi connectivity index (χ2v) is 2.85. The van der Waals surface area contributed by atoms with Gasteiger partial charge in [-0.25, -0.2) is 4.79 Å². The van der Waals surface area contributed by atoms with Gasteiger partial charge in [0, 0.05) is 6.54 Å². The third-order valence-electron chi connectivity index (χ3n) is 1.81. The number of carboxylic acids is 1. The third-order valence-corrected chi connectivity index (χ3v) is 1.81. The van der Waals surface area contributed by atoms with Gasteiger partial charge in [-0.3, -0.25) is 0 Å². The zero-order chi connectivity index (χ0) is 10.4. The molecule has 14 heavy (non-hydrogen) atoms. The molecule has 0 saturated carbocycles. The van der Waals surface area contributed by atoms with Crippen LogP contribution in [0.4, 0.5) is 0 Å². The van der Waals surface area contributed by atoms with Crippen LogP contribution in [0.2, 0.25) is 0 Å². The van der Waals surface area contributed by atoms with Crippen LogP contribution < -0.4 is 5.32 Å². The van der Waals surface area contributed by atoms with Gasteiger partial charge >= 0.3 is 5.97 Å². The van der Waals surface area contributed by atoms with Crippen LogP contribution in [0, 0.1) is 0 Å². The Morgan fingerprint density at radius 3 is 2.86 bits per heavy atom. The van der Waals surface area contributed by atoms with Crippen LogP contribution in [0.1, 0.15) is 15.9 Å². The summed E-state index contributed by atoms with van der Waals surface area (Å²) >= 11 is 0. The number of nitrogens with one attached hydrogen (secondary N) is 1. The number of aromatic carboxylic acids is 1. The van der Waals surface area contributed by atoms with Crippen LogP contribution in [0.25, 0.3) is 6.08 Å². The first kappa shape index (κ1) is 10.5. The van der Waals surface area contributed by atoms with E-state index in [2.05, 4.69) is 5.32 Å². The van der Waals surface area contributed by atoms with E-state index in [4.69, 9.17) is 5.11 Å². The summed E-state index contributed by atoms with van der Waals surface area (Å²) in [5.74, 6) is -0.894. The number of carbonyl (C=O) groups is 1. The van der Waals surface area contributed by atoms with Gasteiger partial charge in [0.2, 0.25) is 0 Å². The molecule has 74 valence electrons. The molecule has 0 aliphatic heterocycles. The minimum Gasteiger partial charge on any atom is -0.478 e. The lowest BCUT2D eigenvalue weighted by Gasteiger charge is -1.99. The fourth-order valence-corrected chi connectivity index (χ4v) is 1.14. The van der Waals surface area contributed by atoms with E-state index in [1.165, 1.54) is 0 Å². The molecule has 3 nitrogen and oxygen atoms in total. The van der Waals surface area contributed by atoms with Crippen molar-refractivity contribution in [1.82, 2.24) is 5.32 Å². The van der Waals surface area contributed by atoms with Crippen molar-refractivity contribution in [3.63, 3.8) is 0 Å². The fourth-order valence-electron chi connectivity index (χ4n) is 1.14. The van der Waals surface area contributed by atoms with E-state index in [-0.39, 0.29) is 0 Å². The average Bonchev–Trinajstić information content (AvgIpc) is 2.19. The van der Waals surface area contributed by atoms with Crippen LogP contribution in [0.5, 0.6) is 0 Å². The quantitative estimate of drug-likeness (QED) is 0.760. The maximum Gasteiger partial charge on any atom is 0.336 e. The first-order valence-corrected chi connectivity index (χ1v) is 4.39. The summed E-state index contributed by atoms with van der Waals surface area (Å²) in [4.78, 5) is 10.8. The van der Waals surface area contributed by atoms with Crippen molar-refractivity contribution in [3.05, 3.63) is 41.5 Å². The number of hydrogen-bond acceptors (Lipinski definition) is 2. The molecule has 0 atom stereocenters.